The summed E-state index contributed by atoms with van der Waals surface area (Å²) >= 11 is 5.85. The Labute approximate surface area is 118 Å². The molecule has 0 bridgehead atoms. The van der Waals surface area contributed by atoms with E-state index in [2.05, 4.69) is 11.9 Å². The minimum Gasteiger partial charge on any atom is -0.370 e. The molecule has 1 aromatic rings. The Morgan fingerprint density at radius 3 is 2.47 bits per heavy atom. The lowest BCUT2D eigenvalue weighted by molar-refractivity contribution is 0.395. The van der Waals surface area contributed by atoms with Crippen molar-refractivity contribution in [3.8, 4) is 0 Å². The van der Waals surface area contributed by atoms with Crippen molar-refractivity contribution in [3.05, 3.63) is 34.9 Å². The third-order valence-electron chi connectivity index (χ3n) is 2.60. The Balaban J connectivity index is 2.76. The fourth-order valence-electron chi connectivity index (χ4n) is 1.61. The maximum Gasteiger partial charge on any atom is 0.221 e. The van der Waals surface area contributed by atoms with Gasteiger partial charge < -0.3 is 16.4 Å². The fraction of sp³-hybridized carbons (Fsp3) is 0.385. The molecule has 0 aliphatic carbocycles. The van der Waals surface area contributed by atoms with E-state index >= 15 is 0 Å². The van der Waals surface area contributed by atoms with Gasteiger partial charge in [0.1, 0.15) is 0 Å². The highest BCUT2D eigenvalue weighted by atomic mass is 35.5. The molecule has 104 valence electrons. The van der Waals surface area contributed by atoms with Gasteiger partial charge >= 0.3 is 0 Å². The molecule has 19 heavy (non-hydrogen) atoms. The van der Waals surface area contributed by atoms with E-state index in [1.54, 1.807) is 0 Å². The van der Waals surface area contributed by atoms with E-state index in [1.165, 1.54) is 0 Å². The number of nitrogens with one attached hydrogen (secondary N) is 1. The molecule has 1 aromatic carbocycles. The molecule has 0 aliphatic heterocycles. The third kappa shape index (κ3) is 5.61. The van der Waals surface area contributed by atoms with Crippen LogP contribution in [0.15, 0.2) is 29.3 Å². The van der Waals surface area contributed by atoms with Crippen molar-refractivity contribution in [2.75, 3.05) is 6.54 Å². The van der Waals surface area contributed by atoms with Crippen molar-refractivity contribution in [1.82, 2.24) is 4.90 Å². The fourth-order valence-corrected chi connectivity index (χ4v) is 1.74. The van der Waals surface area contributed by atoms with Crippen LogP contribution in [0.5, 0.6) is 0 Å². The standard InChI is InChI=1S/C13H20ClN5/c1-2-3-8-19(13(17)18-12(15)16)9-10-4-6-11(14)7-5-10/h4-7H,2-3,8-9H2,1H3,(H5,15,16,17,18). The van der Waals surface area contributed by atoms with Crippen LogP contribution in [0.4, 0.5) is 0 Å². The van der Waals surface area contributed by atoms with Gasteiger partial charge in [0.15, 0.2) is 5.96 Å². The van der Waals surface area contributed by atoms with Gasteiger partial charge in [-0.25, -0.2) is 0 Å². The van der Waals surface area contributed by atoms with Gasteiger partial charge in [0.25, 0.3) is 0 Å². The van der Waals surface area contributed by atoms with E-state index in [9.17, 15) is 0 Å². The van der Waals surface area contributed by atoms with Crippen LogP contribution in [0.25, 0.3) is 0 Å². The van der Waals surface area contributed by atoms with Crippen molar-refractivity contribution in [1.29, 1.82) is 5.41 Å². The van der Waals surface area contributed by atoms with Gasteiger partial charge in [0.2, 0.25) is 5.96 Å². The first kappa shape index (κ1) is 15.3. The summed E-state index contributed by atoms with van der Waals surface area (Å²) < 4.78 is 0. The van der Waals surface area contributed by atoms with Crippen LogP contribution in [0.2, 0.25) is 5.02 Å². The topological polar surface area (TPSA) is 91.5 Å². The lowest BCUT2D eigenvalue weighted by Gasteiger charge is -2.22. The molecule has 5 nitrogen and oxygen atoms in total. The summed E-state index contributed by atoms with van der Waals surface area (Å²) in [5.74, 6) is -0.00833. The Kier molecular flexibility index (Phi) is 6.15. The van der Waals surface area contributed by atoms with Gasteiger partial charge in [-0.1, -0.05) is 37.1 Å². The summed E-state index contributed by atoms with van der Waals surface area (Å²) in [6, 6.07) is 7.53. The van der Waals surface area contributed by atoms with Gasteiger partial charge in [-0.2, -0.15) is 4.99 Å². The quantitative estimate of drug-likeness (QED) is 0.570. The van der Waals surface area contributed by atoms with Crippen molar-refractivity contribution >= 4 is 23.5 Å². The molecule has 0 aromatic heterocycles. The van der Waals surface area contributed by atoms with E-state index in [-0.39, 0.29) is 11.9 Å². The second-order valence-electron chi connectivity index (χ2n) is 4.26. The predicted octanol–water partition coefficient (Wildman–Crippen LogP) is 2.15. The molecular formula is C13H20ClN5. The smallest absolute Gasteiger partial charge is 0.221 e. The molecule has 0 unspecified atom stereocenters. The third-order valence-corrected chi connectivity index (χ3v) is 2.85. The average Bonchev–Trinajstić information content (AvgIpc) is 2.35. The van der Waals surface area contributed by atoms with Crippen LogP contribution in [-0.2, 0) is 6.54 Å². The zero-order chi connectivity index (χ0) is 14.3. The summed E-state index contributed by atoms with van der Waals surface area (Å²) in [5.41, 5.74) is 11.7. The highest BCUT2D eigenvalue weighted by molar-refractivity contribution is 6.30. The number of nitrogens with two attached hydrogens (primary N) is 2. The van der Waals surface area contributed by atoms with Crippen molar-refractivity contribution in [3.63, 3.8) is 0 Å². The number of hydrogen-bond donors (Lipinski definition) is 3. The number of guanidine groups is 2. The second-order valence-corrected chi connectivity index (χ2v) is 4.70. The monoisotopic (exact) mass is 281 g/mol. The summed E-state index contributed by atoms with van der Waals surface area (Å²) in [5, 5.41) is 8.60. The number of nitrogens with zero attached hydrogens (tertiary/aromatic N) is 2. The van der Waals surface area contributed by atoms with Crippen LogP contribution in [0.1, 0.15) is 25.3 Å². The van der Waals surface area contributed by atoms with Gasteiger partial charge in [0, 0.05) is 18.1 Å². The molecule has 0 aliphatic rings. The number of unbranched alkanes of at least 4 members (excludes halogenated alkanes) is 1. The van der Waals surface area contributed by atoms with E-state index in [4.69, 9.17) is 28.5 Å². The van der Waals surface area contributed by atoms with E-state index < -0.39 is 0 Å². The number of rotatable bonds is 5. The predicted molar refractivity (Wildman–Crippen MR) is 80.3 cm³/mol. The van der Waals surface area contributed by atoms with Gasteiger partial charge in [-0.3, -0.25) is 5.41 Å². The van der Waals surface area contributed by atoms with E-state index in [1.807, 2.05) is 29.2 Å². The summed E-state index contributed by atoms with van der Waals surface area (Å²) in [7, 11) is 0. The molecule has 0 heterocycles. The molecule has 1 rings (SSSR count). The number of hydrogen-bond acceptors (Lipinski definition) is 1. The molecule has 6 heteroatoms. The number of halogens is 1. The van der Waals surface area contributed by atoms with Gasteiger partial charge in [0.05, 0.1) is 0 Å². The van der Waals surface area contributed by atoms with Crippen molar-refractivity contribution < 1.29 is 0 Å². The Morgan fingerprint density at radius 1 is 1.32 bits per heavy atom. The van der Waals surface area contributed by atoms with Gasteiger partial charge in [-0.15, -0.1) is 0 Å². The molecule has 0 radical (unpaired) electrons. The van der Waals surface area contributed by atoms with E-state index in [0.717, 1.165) is 24.9 Å². The molecule has 0 saturated carbocycles. The summed E-state index contributed by atoms with van der Waals surface area (Å²) in [6.45, 7) is 3.44. The molecule has 0 saturated heterocycles. The molecule has 0 amide bonds. The summed E-state index contributed by atoms with van der Waals surface area (Å²) in [4.78, 5) is 5.64. The minimum absolute atomic E-state index is 0.0865. The number of aliphatic imine (C=N–C) groups is 1. The summed E-state index contributed by atoms with van der Waals surface area (Å²) in [6.07, 6.45) is 2.03. The first-order valence-corrected chi connectivity index (χ1v) is 6.58. The van der Waals surface area contributed by atoms with Crippen LogP contribution >= 0.6 is 11.6 Å². The van der Waals surface area contributed by atoms with E-state index in [0.29, 0.717) is 11.6 Å². The first-order valence-electron chi connectivity index (χ1n) is 6.20. The van der Waals surface area contributed by atoms with Crippen molar-refractivity contribution in [2.45, 2.75) is 26.3 Å². The second kappa shape index (κ2) is 7.63. The Bertz CT molecular complexity index is 437. The van der Waals surface area contributed by atoms with Crippen LogP contribution in [0.3, 0.4) is 0 Å². The maximum absolute atomic E-state index is 7.90. The highest BCUT2D eigenvalue weighted by Crippen LogP contribution is 2.12. The molecular weight excluding hydrogens is 262 g/mol. The first-order chi connectivity index (χ1) is 9.02. The van der Waals surface area contributed by atoms with Gasteiger partial charge in [-0.05, 0) is 24.1 Å². The lowest BCUT2D eigenvalue weighted by Crippen LogP contribution is -2.33. The zero-order valence-corrected chi connectivity index (χ0v) is 11.8. The van der Waals surface area contributed by atoms with Crippen LogP contribution < -0.4 is 11.5 Å². The molecule has 5 N–H and O–H groups in total. The maximum atomic E-state index is 7.90. The number of benzene rings is 1. The van der Waals surface area contributed by atoms with Crippen LogP contribution in [-0.4, -0.2) is 23.4 Å². The SMILES string of the molecule is CCCCN(Cc1ccc(Cl)cc1)C(=N)N=C(N)N. The van der Waals surface area contributed by atoms with Crippen molar-refractivity contribution in [2.24, 2.45) is 16.5 Å². The zero-order valence-electron chi connectivity index (χ0n) is 11.1. The largest absolute Gasteiger partial charge is 0.370 e. The Hall–Kier alpha value is -1.75. The average molecular weight is 282 g/mol. The Morgan fingerprint density at radius 2 is 1.95 bits per heavy atom. The highest BCUT2D eigenvalue weighted by Gasteiger charge is 2.09. The normalized spacial score (nSPS) is 10.0. The minimum atomic E-state index is -0.0948. The molecule has 0 fully saturated rings. The molecule has 0 atom stereocenters. The lowest BCUT2D eigenvalue weighted by atomic mass is 10.2. The molecule has 0 spiro atoms. The van der Waals surface area contributed by atoms with Crippen LogP contribution in [0, 0.1) is 5.41 Å².